The van der Waals surface area contributed by atoms with Crippen LogP contribution in [0.3, 0.4) is 0 Å². The first-order chi connectivity index (χ1) is 9.88. The summed E-state index contributed by atoms with van der Waals surface area (Å²) in [6.45, 7) is 4.89. The van der Waals surface area contributed by atoms with Crippen molar-refractivity contribution in [2.75, 3.05) is 0 Å². The Morgan fingerprint density at radius 3 is 2.48 bits per heavy atom. The fourth-order valence-electron chi connectivity index (χ4n) is 7.22. The molecular weight excluding hydrogens is 260 g/mol. The van der Waals surface area contributed by atoms with Gasteiger partial charge < -0.3 is 10.2 Å². The molecule has 0 unspecified atom stereocenters. The zero-order valence-electron chi connectivity index (χ0n) is 13.8. The molecule has 0 aromatic rings. The Hall–Kier alpha value is -0.0800. The van der Waals surface area contributed by atoms with Gasteiger partial charge >= 0.3 is 0 Å². The molecule has 7 atom stereocenters. The minimum atomic E-state index is -0.599. The first-order valence-electron chi connectivity index (χ1n) is 9.28. The van der Waals surface area contributed by atoms with Gasteiger partial charge in [0.1, 0.15) is 0 Å². The van der Waals surface area contributed by atoms with E-state index < -0.39 is 5.60 Å². The van der Waals surface area contributed by atoms with Gasteiger partial charge in [0.05, 0.1) is 11.7 Å². The van der Waals surface area contributed by atoms with Gasteiger partial charge in [0.15, 0.2) is 0 Å². The second-order valence-corrected chi connectivity index (χ2v) is 9.35. The minimum Gasteiger partial charge on any atom is -0.393 e. The summed E-state index contributed by atoms with van der Waals surface area (Å²) in [6, 6.07) is 0. The number of rotatable bonds is 0. The summed E-state index contributed by atoms with van der Waals surface area (Å²) in [5, 5.41) is 21.4. The van der Waals surface area contributed by atoms with E-state index in [9.17, 15) is 10.2 Å². The van der Waals surface area contributed by atoms with Gasteiger partial charge in [-0.3, -0.25) is 0 Å². The van der Waals surface area contributed by atoms with Crippen molar-refractivity contribution in [1.82, 2.24) is 0 Å². The molecule has 2 nitrogen and oxygen atoms in total. The third-order valence-corrected chi connectivity index (χ3v) is 8.56. The predicted octanol–water partition coefficient (Wildman–Crippen LogP) is 3.90. The van der Waals surface area contributed by atoms with Crippen molar-refractivity contribution in [2.24, 2.45) is 28.6 Å². The predicted molar refractivity (Wildman–Crippen MR) is 83.8 cm³/mol. The van der Waals surface area contributed by atoms with Crippen molar-refractivity contribution in [3.05, 3.63) is 0 Å². The van der Waals surface area contributed by atoms with Crippen LogP contribution in [0.4, 0.5) is 0 Å². The fraction of sp³-hybridized carbons (Fsp3) is 1.00. The molecule has 0 aliphatic heterocycles. The lowest BCUT2D eigenvalue weighted by Crippen LogP contribution is -2.62. The largest absolute Gasteiger partial charge is 0.393 e. The van der Waals surface area contributed by atoms with Crippen molar-refractivity contribution in [1.29, 1.82) is 0 Å². The fourth-order valence-corrected chi connectivity index (χ4v) is 7.22. The van der Waals surface area contributed by atoms with Crippen LogP contribution in [0, 0.1) is 28.6 Å². The Morgan fingerprint density at radius 1 is 0.857 bits per heavy atom. The topological polar surface area (TPSA) is 40.5 Å². The van der Waals surface area contributed by atoms with Crippen LogP contribution in [-0.4, -0.2) is 21.9 Å². The average Bonchev–Trinajstić information content (AvgIpc) is 2.82. The summed E-state index contributed by atoms with van der Waals surface area (Å²) < 4.78 is 0. The van der Waals surface area contributed by atoms with Gasteiger partial charge in [-0.25, -0.2) is 0 Å². The van der Waals surface area contributed by atoms with Crippen LogP contribution in [0.2, 0.25) is 0 Å². The maximum atomic E-state index is 11.3. The maximum Gasteiger partial charge on any atom is 0.0728 e. The molecule has 4 aliphatic carbocycles. The SMILES string of the molecule is C[C@@]12CCC[C@H]1[C@@H]1CC[C@@]3(O)C[C@@H](O)CC[C@]3(C)[C@H]1CC2. The van der Waals surface area contributed by atoms with Crippen LogP contribution in [0.25, 0.3) is 0 Å². The molecule has 4 saturated carbocycles. The quantitative estimate of drug-likeness (QED) is 0.711. The number of hydrogen-bond donors (Lipinski definition) is 2. The molecule has 4 fully saturated rings. The number of aliphatic hydroxyl groups excluding tert-OH is 1. The van der Waals surface area contributed by atoms with Crippen molar-refractivity contribution < 1.29 is 10.2 Å². The van der Waals surface area contributed by atoms with E-state index in [-0.39, 0.29) is 11.5 Å². The Bertz CT molecular complexity index is 435. The van der Waals surface area contributed by atoms with E-state index in [1.54, 1.807) is 0 Å². The van der Waals surface area contributed by atoms with E-state index in [1.165, 1.54) is 38.5 Å². The summed E-state index contributed by atoms with van der Waals surface area (Å²) in [7, 11) is 0. The molecule has 4 aliphatic rings. The molecule has 4 rings (SSSR count). The molecule has 0 saturated heterocycles. The number of aliphatic hydroxyl groups is 2. The smallest absolute Gasteiger partial charge is 0.0728 e. The van der Waals surface area contributed by atoms with Crippen LogP contribution in [0.15, 0.2) is 0 Å². The first-order valence-corrected chi connectivity index (χ1v) is 9.28. The van der Waals surface area contributed by atoms with Crippen LogP contribution >= 0.6 is 0 Å². The van der Waals surface area contributed by atoms with Crippen LogP contribution in [0.1, 0.15) is 78.1 Å². The summed E-state index contributed by atoms with van der Waals surface area (Å²) >= 11 is 0. The number of fused-ring (bicyclic) bond motifs is 5. The van der Waals surface area contributed by atoms with E-state index in [2.05, 4.69) is 13.8 Å². The van der Waals surface area contributed by atoms with Crippen LogP contribution in [-0.2, 0) is 0 Å². The monoisotopic (exact) mass is 292 g/mol. The van der Waals surface area contributed by atoms with Gasteiger partial charge in [0, 0.05) is 6.42 Å². The Morgan fingerprint density at radius 2 is 1.67 bits per heavy atom. The van der Waals surface area contributed by atoms with E-state index in [0.717, 1.165) is 31.1 Å². The molecule has 0 spiro atoms. The molecule has 2 heteroatoms. The molecule has 0 amide bonds. The third-order valence-electron chi connectivity index (χ3n) is 8.56. The Labute approximate surface area is 129 Å². The summed E-state index contributed by atoms with van der Waals surface area (Å²) in [6.07, 6.45) is 11.3. The second kappa shape index (κ2) is 4.47. The molecule has 0 aromatic carbocycles. The highest BCUT2D eigenvalue weighted by Crippen LogP contribution is 2.67. The van der Waals surface area contributed by atoms with E-state index in [0.29, 0.717) is 17.8 Å². The standard InChI is InChI=1S/C19H32O2/c1-17-8-3-4-15(17)14-6-11-19(21)12-13(20)5-10-18(19,2)16(14)7-9-17/h13-16,20-21H,3-12H2,1-2H3/t13-,14-,15-,16-,17-,18+,19+/m0/s1. The molecule has 120 valence electrons. The van der Waals surface area contributed by atoms with Crippen LogP contribution < -0.4 is 0 Å². The molecular formula is C19H32O2. The highest BCUT2D eigenvalue weighted by Gasteiger charge is 2.62. The van der Waals surface area contributed by atoms with E-state index >= 15 is 0 Å². The lowest BCUT2D eigenvalue weighted by atomic mass is 9.43. The lowest BCUT2D eigenvalue weighted by molar-refractivity contribution is -0.217. The van der Waals surface area contributed by atoms with Gasteiger partial charge in [0.25, 0.3) is 0 Å². The Balaban J connectivity index is 1.67. The molecule has 21 heavy (non-hydrogen) atoms. The molecule has 2 N–H and O–H groups in total. The third kappa shape index (κ3) is 1.84. The van der Waals surface area contributed by atoms with Crippen molar-refractivity contribution >= 4 is 0 Å². The van der Waals surface area contributed by atoms with Gasteiger partial charge in [-0.2, -0.15) is 0 Å². The van der Waals surface area contributed by atoms with Crippen molar-refractivity contribution in [3.8, 4) is 0 Å². The van der Waals surface area contributed by atoms with Gasteiger partial charge in [-0.1, -0.05) is 20.3 Å². The first kappa shape index (κ1) is 14.5. The highest BCUT2D eigenvalue weighted by atomic mass is 16.3. The Kier molecular flexibility index (Phi) is 3.09. The zero-order valence-corrected chi connectivity index (χ0v) is 13.8. The molecule has 0 aromatic heterocycles. The summed E-state index contributed by atoms with van der Waals surface area (Å²) in [5.41, 5.74) is 0.0540. The van der Waals surface area contributed by atoms with E-state index in [1.807, 2.05) is 0 Å². The molecule has 0 bridgehead atoms. The summed E-state index contributed by atoms with van der Waals surface area (Å²) in [4.78, 5) is 0. The second-order valence-electron chi connectivity index (χ2n) is 9.35. The van der Waals surface area contributed by atoms with Crippen molar-refractivity contribution in [3.63, 3.8) is 0 Å². The van der Waals surface area contributed by atoms with E-state index in [4.69, 9.17) is 0 Å². The molecule has 0 radical (unpaired) electrons. The number of hydrogen-bond acceptors (Lipinski definition) is 2. The summed E-state index contributed by atoms with van der Waals surface area (Å²) in [5.74, 6) is 2.44. The normalized spacial score (nSPS) is 60.0. The molecule has 0 heterocycles. The van der Waals surface area contributed by atoms with Gasteiger partial charge in [-0.05, 0) is 80.0 Å². The minimum absolute atomic E-state index is 0.0546. The maximum absolute atomic E-state index is 11.3. The van der Waals surface area contributed by atoms with Gasteiger partial charge in [0.2, 0.25) is 0 Å². The van der Waals surface area contributed by atoms with Crippen LogP contribution in [0.5, 0.6) is 0 Å². The van der Waals surface area contributed by atoms with Gasteiger partial charge in [-0.15, -0.1) is 0 Å². The lowest BCUT2D eigenvalue weighted by Gasteiger charge is -2.63. The highest BCUT2D eigenvalue weighted by molar-refractivity contribution is 5.13. The zero-order chi connectivity index (χ0) is 14.9. The van der Waals surface area contributed by atoms with Crippen molar-refractivity contribution in [2.45, 2.75) is 89.8 Å². The average molecular weight is 292 g/mol.